The number of nitrogens with one attached hydrogen (secondary N) is 1. The molecule has 8 rings (SSSR count). The van der Waals surface area contributed by atoms with Gasteiger partial charge in [-0.2, -0.15) is 0 Å². The molecule has 5 aromatic rings. The number of para-hydroxylation sites is 1. The van der Waals surface area contributed by atoms with Gasteiger partial charge in [0.2, 0.25) is 0 Å². The molecule has 3 aliphatic heterocycles. The number of amides is 1. The van der Waals surface area contributed by atoms with E-state index >= 15 is 0 Å². The molecule has 58 heavy (non-hydrogen) atoms. The van der Waals surface area contributed by atoms with Gasteiger partial charge in [0.25, 0.3) is 5.91 Å². The van der Waals surface area contributed by atoms with Crippen LogP contribution in [0.1, 0.15) is 84.0 Å². The lowest BCUT2D eigenvalue weighted by molar-refractivity contribution is -0.140. The monoisotopic (exact) mass is 803 g/mol. The molecule has 1 amide bonds. The van der Waals surface area contributed by atoms with Crippen molar-refractivity contribution in [2.24, 2.45) is 0 Å². The molecule has 13 heteroatoms. The predicted octanol–water partition coefficient (Wildman–Crippen LogP) is 7.91. The van der Waals surface area contributed by atoms with Gasteiger partial charge in [-0.1, -0.05) is 47.7 Å². The maximum atomic E-state index is 13.9. The number of ether oxygens (including phenoxy) is 3. The number of rotatable bonds is 12. The smallest absolute Gasteiger partial charge is 0.358 e. The molecule has 12 nitrogen and oxygen atoms in total. The lowest BCUT2D eigenvalue weighted by Gasteiger charge is -2.37. The molecule has 2 fully saturated rings. The van der Waals surface area contributed by atoms with Crippen molar-refractivity contribution < 1.29 is 33.7 Å². The summed E-state index contributed by atoms with van der Waals surface area (Å²) in [6.07, 6.45) is 4.48. The Morgan fingerprint density at radius 3 is 2.45 bits per heavy atom. The Morgan fingerprint density at radius 1 is 0.914 bits per heavy atom. The van der Waals surface area contributed by atoms with Crippen LogP contribution in [0.4, 0.5) is 10.9 Å². The number of anilines is 2. The molecule has 0 unspecified atom stereocenters. The third kappa shape index (κ3) is 8.57. The number of thiazole rings is 1. The van der Waals surface area contributed by atoms with Crippen LogP contribution < -0.4 is 15.0 Å². The summed E-state index contributed by atoms with van der Waals surface area (Å²) in [4.78, 5) is 52.7. The normalized spacial score (nSPS) is 19.2. The molecule has 0 radical (unpaired) electrons. The summed E-state index contributed by atoms with van der Waals surface area (Å²) in [6.45, 7) is 9.43. The summed E-state index contributed by atoms with van der Waals surface area (Å²) in [5.41, 5.74) is 5.19. The van der Waals surface area contributed by atoms with Crippen LogP contribution in [-0.2, 0) is 27.2 Å². The second-order valence-electron chi connectivity index (χ2n) is 16.3. The van der Waals surface area contributed by atoms with Crippen LogP contribution in [0.3, 0.4) is 0 Å². The van der Waals surface area contributed by atoms with E-state index in [2.05, 4.69) is 26.2 Å². The largest absolute Gasteiger partial charge is 0.491 e. The number of hydrogen-bond donors (Lipinski definition) is 2. The van der Waals surface area contributed by atoms with E-state index in [9.17, 15) is 19.5 Å². The Hall–Kier alpha value is -5.37. The molecule has 2 bridgehead atoms. The summed E-state index contributed by atoms with van der Waals surface area (Å²) in [7, 11) is 0. The van der Waals surface area contributed by atoms with E-state index in [4.69, 9.17) is 19.2 Å². The predicted molar refractivity (Wildman–Crippen MR) is 224 cm³/mol. The van der Waals surface area contributed by atoms with Gasteiger partial charge < -0.3 is 24.2 Å². The summed E-state index contributed by atoms with van der Waals surface area (Å²) in [5.74, 6) is -0.230. The summed E-state index contributed by atoms with van der Waals surface area (Å²) in [6, 6.07) is 23.7. The average Bonchev–Trinajstić information content (AvgIpc) is 3.69. The Bertz CT molecular complexity index is 2310. The number of carboxylic acids is 1. The van der Waals surface area contributed by atoms with Gasteiger partial charge >= 0.3 is 11.9 Å². The molecule has 0 saturated carbocycles. The van der Waals surface area contributed by atoms with Gasteiger partial charge in [0.15, 0.2) is 10.8 Å². The molecule has 5 heterocycles. The zero-order chi connectivity index (χ0) is 40.6. The van der Waals surface area contributed by atoms with E-state index in [1.165, 1.54) is 11.3 Å². The van der Waals surface area contributed by atoms with Crippen molar-refractivity contribution in [3.63, 3.8) is 0 Å². The first-order valence-electron chi connectivity index (χ1n) is 20.0. The number of aromatic nitrogens is 2. The zero-order valence-corrected chi connectivity index (χ0v) is 34.1. The van der Waals surface area contributed by atoms with Gasteiger partial charge in [0.1, 0.15) is 23.8 Å². The first-order valence-corrected chi connectivity index (χ1v) is 20.8. The van der Waals surface area contributed by atoms with Crippen molar-refractivity contribution in [1.82, 2.24) is 14.9 Å². The van der Waals surface area contributed by atoms with Crippen molar-refractivity contribution in [3.05, 3.63) is 101 Å². The summed E-state index contributed by atoms with van der Waals surface area (Å²) < 4.78 is 19.4. The Kier molecular flexibility index (Phi) is 11.2. The maximum Gasteiger partial charge on any atom is 0.358 e. The minimum absolute atomic E-state index is 0.0844. The maximum absolute atomic E-state index is 13.9. The van der Waals surface area contributed by atoms with Crippen LogP contribution in [0.2, 0.25) is 0 Å². The number of esters is 1. The quantitative estimate of drug-likeness (QED) is 0.0939. The van der Waals surface area contributed by atoms with Crippen LogP contribution in [0, 0.1) is 6.92 Å². The lowest BCUT2D eigenvalue weighted by atomic mass is 9.94. The number of aliphatic carboxylic acids is 1. The molecule has 2 N–H and O–H groups in total. The third-order valence-corrected chi connectivity index (χ3v) is 12.2. The number of carboxylic acid groups (broad SMARTS) is 1. The first kappa shape index (κ1) is 39.5. The number of pyridine rings is 1. The molecule has 2 aromatic heterocycles. The van der Waals surface area contributed by atoms with Crippen LogP contribution >= 0.6 is 11.3 Å². The topological polar surface area (TPSA) is 143 Å². The van der Waals surface area contributed by atoms with E-state index in [1.54, 1.807) is 0 Å². The fraction of sp³-hybridized carbons (Fsp3) is 0.400. The Morgan fingerprint density at radius 2 is 1.69 bits per heavy atom. The number of carbonyl (C=O) groups excluding carboxylic acids is 2. The van der Waals surface area contributed by atoms with E-state index in [0.29, 0.717) is 60.5 Å². The van der Waals surface area contributed by atoms with Gasteiger partial charge in [0, 0.05) is 36.3 Å². The average molecular weight is 804 g/mol. The fourth-order valence-electron chi connectivity index (χ4n) is 8.61. The van der Waals surface area contributed by atoms with E-state index < -0.39 is 17.5 Å². The summed E-state index contributed by atoms with van der Waals surface area (Å²) >= 11 is 1.44. The van der Waals surface area contributed by atoms with Crippen molar-refractivity contribution in [2.75, 3.05) is 36.5 Å². The molecule has 3 aliphatic rings. The van der Waals surface area contributed by atoms with Crippen LogP contribution in [0.5, 0.6) is 5.75 Å². The number of hydrogen-bond acceptors (Lipinski definition) is 11. The number of benzene rings is 3. The standard InChI is InChI=1S/C45H49N5O7S/c1-27-32(10-8-13-37(27)56-22-21-55-31-23-29-15-16-30(24-31)50(29)26-40(51)52)33-17-18-39(47-41(33)43(54)57-45(2,3)4)49-20-19-28-9-7-11-34(35(28)25-49)42(53)48-44-46-36-12-5-6-14-38(36)58-44/h5-14,17-18,29-31H,15-16,19-26H2,1-4H3,(H,51,52)(H,46,48,53)/t29-,30+,31-. The van der Waals surface area contributed by atoms with Gasteiger partial charge in [0.05, 0.1) is 29.5 Å². The van der Waals surface area contributed by atoms with Gasteiger partial charge in [-0.15, -0.1) is 0 Å². The van der Waals surface area contributed by atoms with Crippen molar-refractivity contribution in [1.29, 1.82) is 0 Å². The zero-order valence-electron chi connectivity index (χ0n) is 33.3. The van der Waals surface area contributed by atoms with Gasteiger partial charge in [-0.3, -0.25) is 19.8 Å². The van der Waals surface area contributed by atoms with Gasteiger partial charge in [-0.25, -0.2) is 14.8 Å². The highest BCUT2D eigenvalue weighted by Crippen LogP contribution is 2.38. The van der Waals surface area contributed by atoms with Crippen LogP contribution in [-0.4, -0.2) is 87.9 Å². The van der Waals surface area contributed by atoms with Gasteiger partial charge in [-0.05, 0) is 118 Å². The minimum atomic E-state index is -0.779. The van der Waals surface area contributed by atoms with E-state index in [-0.39, 0.29) is 36.3 Å². The van der Waals surface area contributed by atoms with Crippen LogP contribution in [0.15, 0.2) is 72.8 Å². The Labute approximate surface area is 342 Å². The van der Waals surface area contributed by atoms with Crippen molar-refractivity contribution in [3.8, 4) is 16.9 Å². The van der Waals surface area contributed by atoms with Crippen molar-refractivity contribution in [2.45, 2.75) is 90.1 Å². The molecule has 0 spiro atoms. The van der Waals surface area contributed by atoms with Crippen molar-refractivity contribution >= 4 is 50.3 Å². The highest BCUT2D eigenvalue weighted by atomic mass is 32.1. The lowest BCUT2D eigenvalue weighted by Crippen LogP contribution is -2.47. The number of carbonyl (C=O) groups is 3. The SMILES string of the molecule is Cc1c(OCCO[C@@H]2C[C@H]3CC[C@@H](C2)N3CC(=O)O)cccc1-c1ccc(N2CCc3cccc(C(=O)Nc4nc5ccccc5s4)c3C2)nc1C(=O)OC(C)(C)C. The highest BCUT2D eigenvalue weighted by Gasteiger charge is 2.41. The summed E-state index contributed by atoms with van der Waals surface area (Å²) in [5, 5.41) is 12.9. The number of nitrogens with zero attached hydrogens (tertiary/aromatic N) is 4. The Balaban J connectivity index is 0.987. The minimum Gasteiger partial charge on any atom is -0.491 e. The molecular weight excluding hydrogens is 755 g/mol. The highest BCUT2D eigenvalue weighted by molar-refractivity contribution is 7.22. The fourth-order valence-corrected chi connectivity index (χ4v) is 9.47. The second-order valence-corrected chi connectivity index (χ2v) is 17.3. The van der Waals surface area contributed by atoms with E-state index in [1.807, 2.05) is 94.4 Å². The molecule has 3 atom stereocenters. The molecule has 0 aliphatic carbocycles. The third-order valence-electron chi connectivity index (χ3n) is 11.3. The van der Waals surface area contributed by atoms with Crippen LogP contribution in [0.25, 0.3) is 21.3 Å². The molecular formula is C45H49N5O7S. The molecule has 302 valence electrons. The number of fused-ring (bicyclic) bond motifs is 4. The number of piperidine rings is 1. The van der Waals surface area contributed by atoms with E-state index in [0.717, 1.165) is 58.2 Å². The second kappa shape index (κ2) is 16.5. The first-order chi connectivity index (χ1) is 27.9. The molecule has 2 saturated heterocycles. The molecule has 3 aromatic carbocycles.